The van der Waals surface area contributed by atoms with Crippen LogP contribution >= 0.6 is 0 Å². The lowest BCUT2D eigenvalue weighted by molar-refractivity contribution is 0.0927. The minimum absolute atomic E-state index is 0.0654. The Morgan fingerprint density at radius 1 is 1.26 bits per heavy atom. The summed E-state index contributed by atoms with van der Waals surface area (Å²) in [6.45, 7) is 5.26. The van der Waals surface area contributed by atoms with E-state index in [1.807, 2.05) is 6.92 Å². The van der Waals surface area contributed by atoms with Gasteiger partial charge in [0.1, 0.15) is 11.5 Å². The van der Waals surface area contributed by atoms with Crippen molar-refractivity contribution in [2.24, 2.45) is 0 Å². The maximum Gasteiger partial charge on any atom is 0.270 e. The van der Waals surface area contributed by atoms with Crippen LogP contribution in [0.25, 0.3) is 0 Å². The Morgan fingerprint density at radius 3 is 2.78 bits per heavy atom. The first-order valence-corrected chi connectivity index (χ1v) is 7.77. The summed E-state index contributed by atoms with van der Waals surface area (Å²) in [5, 5.41) is 3.06. The normalized spacial score (nSPS) is 17.8. The number of carbonyl (C=O) groups excluding carboxylic acids is 1. The van der Waals surface area contributed by atoms with Crippen molar-refractivity contribution in [2.75, 3.05) is 18.0 Å². The largest absolute Gasteiger partial charge is 0.346 e. The lowest BCUT2D eigenvalue weighted by Gasteiger charge is -2.33. The fourth-order valence-corrected chi connectivity index (χ4v) is 2.82. The van der Waals surface area contributed by atoms with E-state index in [1.165, 1.54) is 0 Å². The highest BCUT2D eigenvalue weighted by atomic mass is 16.1. The van der Waals surface area contributed by atoms with Gasteiger partial charge in [0.2, 0.25) is 5.95 Å². The molecule has 0 saturated carbocycles. The van der Waals surface area contributed by atoms with E-state index in [1.54, 1.807) is 31.5 Å². The number of anilines is 1. The Morgan fingerprint density at radius 2 is 2.04 bits per heavy atom. The molecule has 1 N–H and O–H groups in total. The van der Waals surface area contributed by atoms with E-state index in [0.29, 0.717) is 24.0 Å². The van der Waals surface area contributed by atoms with E-state index >= 15 is 0 Å². The Kier molecular flexibility index (Phi) is 4.45. The van der Waals surface area contributed by atoms with Crippen LogP contribution in [0.3, 0.4) is 0 Å². The van der Waals surface area contributed by atoms with Gasteiger partial charge in [0, 0.05) is 37.2 Å². The third-order valence-corrected chi connectivity index (χ3v) is 3.79. The van der Waals surface area contributed by atoms with Gasteiger partial charge in [-0.15, -0.1) is 0 Å². The lowest BCUT2D eigenvalue weighted by Crippen LogP contribution is -2.48. The minimum atomic E-state index is -0.153. The highest BCUT2D eigenvalue weighted by Crippen LogP contribution is 2.15. The first kappa shape index (κ1) is 15.3. The number of rotatable bonds is 3. The van der Waals surface area contributed by atoms with Gasteiger partial charge in [0.15, 0.2) is 0 Å². The van der Waals surface area contributed by atoms with Crippen molar-refractivity contribution in [1.29, 1.82) is 0 Å². The van der Waals surface area contributed by atoms with Crippen molar-refractivity contribution in [3.05, 3.63) is 41.7 Å². The van der Waals surface area contributed by atoms with Crippen LogP contribution in [-0.2, 0) is 0 Å². The van der Waals surface area contributed by atoms with Crippen LogP contribution in [0.4, 0.5) is 5.95 Å². The van der Waals surface area contributed by atoms with Gasteiger partial charge in [0.05, 0.1) is 0 Å². The summed E-state index contributed by atoms with van der Waals surface area (Å²) in [5.74, 6) is 1.16. The van der Waals surface area contributed by atoms with E-state index in [0.717, 1.165) is 25.1 Å². The number of aromatic nitrogens is 4. The van der Waals surface area contributed by atoms with Crippen LogP contribution in [0, 0.1) is 13.8 Å². The number of piperidine rings is 1. The Labute approximate surface area is 135 Å². The highest BCUT2D eigenvalue weighted by molar-refractivity contribution is 5.92. The zero-order chi connectivity index (χ0) is 16.2. The van der Waals surface area contributed by atoms with Crippen LogP contribution in [0.1, 0.15) is 34.8 Å². The minimum Gasteiger partial charge on any atom is -0.346 e. The molecule has 3 rings (SSSR count). The molecule has 7 heteroatoms. The molecule has 0 radical (unpaired) electrons. The third kappa shape index (κ3) is 3.80. The van der Waals surface area contributed by atoms with Gasteiger partial charge in [-0.3, -0.25) is 4.79 Å². The van der Waals surface area contributed by atoms with Crippen LogP contribution in [-0.4, -0.2) is 45.0 Å². The number of nitrogens with one attached hydrogen (secondary N) is 1. The number of amides is 1. The molecule has 2 aromatic heterocycles. The van der Waals surface area contributed by atoms with Crippen molar-refractivity contribution < 1.29 is 4.79 Å². The molecule has 1 aliphatic heterocycles. The monoisotopic (exact) mass is 312 g/mol. The van der Waals surface area contributed by atoms with Crippen molar-refractivity contribution in [3.8, 4) is 0 Å². The summed E-state index contributed by atoms with van der Waals surface area (Å²) in [4.78, 5) is 31.5. The van der Waals surface area contributed by atoms with Crippen LogP contribution in [0.2, 0.25) is 0 Å². The van der Waals surface area contributed by atoms with Crippen LogP contribution in [0.5, 0.6) is 0 Å². The lowest BCUT2D eigenvalue weighted by atomic mass is 10.1. The second kappa shape index (κ2) is 6.68. The zero-order valence-corrected chi connectivity index (χ0v) is 13.4. The molecule has 1 saturated heterocycles. The fourth-order valence-electron chi connectivity index (χ4n) is 2.82. The highest BCUT2D eigenvalue weighted by Gasteiger charge is 2.23. The first-order valence-electron chi connectivity index (χ1n) is 7.77. The summed E-state index contributed by atoms with van der Waals surface area (Å²) < 4.78 is 0. The molecule has 0 spiro atoms. The predicted molar refractivity (Wildman–Crippen MR) is 86.2 cm³/mol. The molecule has 1 fully saturated rings. The number of aryl methyl sites for hydroxylation is 2. The topological polar surface area (TPSA) is 83.9 Å². The molecule has 1 atom stereocenters. The Bertz CT molecular complexity index is 670. The molecule has 3 heterocycles. The van der Waals surface area contributed by atoms with Crippen molar-refractivity contribution in [3.63, 3.8) is 0 Å². The Balaban J connectivity index is 1.66. The summed E-state index contributed by atoms with van der Waals surface area (Å²) in [6, 6.07) is 3.58. The fraction of sp³-hybridized carbons (Fsp3) is 0.438. The average Bonchev–Trinajstić information content (AvgIpc) is 2.55. The molecule has 120 valence electrons. The molecule has 1 unspecified atom stereocenters. The molecule has 0 bridgehead atoms. The zero-order valence-electron chi connectivity index (χ0n) is 13.4. The molecule has 2 aromatic rings. The van der Waals surface area contributed by atoms with Crippen molar-refractivity contribution in [2.45, 2.75) is 32.7 Å². The van der Waals surface area contributed by atoms with E-state index in [4.69, 9.17) is 0 Å². The van der Waals surface area contributed by atoms with E-state index in [9.17, 15) is 4.79 Å². The van der Waals surface area contributed by atoms with E-state index in [2.05, 4.69) is 30.2 Å². The summed E-state index contributed by atoms with van der Waals surface area (Å²) in [6.07, 6.45) is 5.40. The maximum atomic E-state index is 12.4. The maximum absolute atomic E-state index is 12.4. The van der Waals surface area contributed by atoms with Crippen molar-refractivity contribution in [1.82, 2.24) is 25.3 Å². The average molecular weight is 312 g/mol. The second-order valence-corrected chi connectivity index (χ2v) is 5.75. The van der Waals surface area contributed by atoms with Crippen LogP contribution < -0.4 is 10.2 Å². The number of carbonyl (C=O) groups is 1. The molecule has 23 heavy (non-hydrogen) atoms. The number of nitrogens with zero attached hydrogens (tertiary/aromatic N) is 5. The van der Waals surface area contributed by atoms with Gasteiger partial charge in [-0.05, 0) is 38.8 Å². The number of hydrogen-bond donors (Lipinski definition) is 1. The van der Waals surface area contributed by atoms with E-state index in [-0.39, 0.29) is 11.9 Å². The summed E-state index contributed by atoms with van der Waals surface area (Å²) >= 11 is 0. The van der Waals surface area contributed by atoms with Gasteiger partial charge in [0.25, 0.3) is 5.91 Å². The number of hydrogen-bond acceptors (Lipinski definition) is 6. The van der Waals surface area contributed by atoms with Gasteiger partial charge >= 0.3 is 0 Å². The van der Waals surface area contributed by atoms with Gasteiger partial charge in [-0.2, -0.15) is 0 Å². The van der Waals surface area contributed by atoms with Crippen molar-refractivity contribution >= 4 is 11.9 Å². The molecule has 0 aromatic carbocycles. The standard InChI is InChI=1S/C16H20N6O/c1-11-9-14(20-12(2)19-11)15(23)21-13-5-3-8-22(10-13)16-17-6-4-7-18-16/h4,6-7,9,13H,3,5,8,10H2,1-2H3,(H,21,23). The molecule has 0 aliphatic carbocycles. The molecule has 1 aliphatic rings. The first-order chi connectivity index (χ1) is 11.1. The molecular weight excluding hydrogens is 292 g/mol. The summed E-state index contributed by atoms with van der Waals surface area (Å²) in [7, 11) is 0. The molecule has 1 amide bonds. The van der Waals surface area contributed by atoms with Gasteiger partial charge in [-0.1, -0.05) is 0 Å². The Hall–Kier alpha value is -2.57. The predicted octanol–water partition coefficient (Wildman–Crippen LogP) is 1.28. The molecular formula is C16H20N6O. The van der Waals surface area contributed by atoms with Gasteiger partial charge < -0.3 is 10.2 Å². The van der Waals surface area contributed by atoms with E-state index < -0.39 is 0 Å². The summed E-state index contributed by atoms with van der Waals surface area (Å²) in [5.41, 5.74) is 1.22. The molecule has 7 nitrogen and oxygen atoms in total. The van der Waals surface area contributed by atoms with Crippen LogP contribution in [0.15, 0.2) is 24.5 Å². The smallest absolute Gasteiger partial charge is 0.270 e. The SMILES string of the molecule is Cc1cc(C(=O)NC2CCCN(c3ncccn3)C2)nc(C)n1. The quantitative estimate of drug-likeness (QED) is 0.919. The second-order valence-electron chi connectivity index (χ2n) is 5.75. The third-order valence-electron chi connectivity index (χ3n) is 3.79. The van der Waals surface area contributed by atoms with Gasteiger partial charge in [-0.25, -0.2) is 19.9 Å².